The summed E-state index contributed by atoms with van der Waals surface area (Å²) in [6.45, 7) is 6.75. The molecule has 0 aliphatic carbocycles. The molecule has 1 unspecified atom stereocenters. The van der Waals surface area contributed by atoms with E-state index < -0.39 is 0 Å². The molecule has 1 aliphatic rings. The van der Waals surface area contributed by atoms with E-state index in [2.05, 4.69) is 63.8 Å². The number of fused-ring (bicyclic) bond motifs is 1. The van der Waals surface area contributed by atoms with Crippen LogP contribution in [0.5, 0.6) is 0 Å². The van der Waals surface area contributed by atoms with Gasteiger partial charge in [-0.1, -0.05) is 26.0 Å². The highest BCUT2D eigenvalue weighted by Gasteiger charge is 2.24. The number of ether oxygens (including phenoxy) is 2. The predicted molar refractivity (Wildman–Crippen MR) is 107 cm³/mol. The third-order valence-electron chi connectivity index (χ3n) is 3.92. The van der Waals surface area contributed by atoms with Gasteiger partial charge in [0.25, 0.3) is 0 Å². The first-order chi connectivity index (χ1) is 12.0. The van der Waals surface area contributed by atoms with E-state index in [1.54, 1.807) is 14.2 Å². The Morgan fingerprint density at radius 1 is 1.16 bits per heavy atom. The zero-order valence-electron chi connectivity index (χ0n) is 15.3. The van der Waals surface area contributed by atoms with Gasteiger partial charge in [0, 0.05) is 16.1 Å². The number of aryl methyl sites for hydroxylation is 1. The van der Waals surface area contributed by atoms with Gasteiger partial charge in [0.05, 0.1) is 19.7 Å². The smallest absolute Gasteiger partial charge is 0.209 e. The molecule has 0 bridgehead atoms. The van der Waals surface area contributed by atoms with Crippen LogP contribution in [0.2, 0.25) is 0 Å². The van der Waals surface area contributed by atoms with E-state index in [4.69, 9.17) is 9.47 Å². The van der Waals surface area contributed by atoms with Crippen LogP contribution in [-0.2, 0) is 9.47 Å². The predicted octanol–water partition coefficient (Wildman–Crippen LogP) is 4.42. The Morgan fingerprint density at radius 2 is 1.92 bits per heavy atom. The summed E-state index contributed by atoms with van der Waals surface area (Å²) in [7, 11) is 3.24. The highest BCUT2D eigenvalue weighted by atomic mass is 79.9. The number of methoxy groups -OCH3 is 2. The van der Waals surface area contributed by atoms with E-state index in [1.165, 1.54) is 10.9 Å². The quantitative estimate of drug-likeness (QED) is 0.705. The van der Waals surface area contributed by atoms with E-state index in [1.807, 2.05) is 18.3 Å². The molecule has 134 valence electrons. The van der Waals surface area contributed by atoms with Crippen LogP contribution in [0.4, 0.5) is 0 Å². The van der Waals surface area contributed by atoms with Crippen LogP contribution in [0.3, 0.4) is 0 Å². The molecule has 0 amide bonds. The van der Waals surface area contributed by atoms with Crippen molar-refractivity contribution in [3.05, 3.63) is 40.5 Å². The molecule has 0 spiro atoms. The average molecular weight is 406 g/mol. The third kappa shape index (κ3) is 4.78. The molecular formula is C19H24BrN3O2. The Morgan fingerprint density at radius 3 is 2.52 bits per heavy atom. The number of aliphatic imine (C=N–C) groups is 2. The highest BCUT2D eigenvalue weighted by Crippen LogP contribution is 2.23. The van der Waals surface area contributed by atoms with Crippen molar-refractivity contribution in [3.8, 4) is 0 Å². The number of nitrogens with zero attached hydrogens (tertiary/aromatic N) is 3. The Bertz CT molecular complexity index is 747. The SMILES string of the molecule is COC1=NC(C(C)C)C(OC)=NC1.Cc1ccc(Br)c2ncccc12. The van der Waals surface area contributed by atoms with Crippen molar-refractivity contribution < 1.29 is 9.47 Å². The molecule has 0 N–H and O–H groups in total. The van der Waals surface area contributed by atoms with Crippen molar-refractivity contribution in [3.63, 3.8) is 0 Å². The second kappa shape index (κ2) is 8.94. The van der Waals surface area contributed by atoms with Gasteiger partial charge in [0.15, 0.2) is 0 Å². The Labute approximate surface area is 157 Å². The zero-order valence-corrected chi connectivity index (χ0v) is 16.9. The molecule has 1 atom stereocenters. The van der Waals surface area contributed by atoms with Gasteiger partial charge in [-0.3, -0.25) is 4.98 Å². The minimum absolute atomic E-state index is 0.00806. The maximum absolute atomic E-state index is 5.15. The van der Waals surface area contributed by atoms with Crippen LogP contribution in [0.15, 0.2) is 44.9 Å². The summed E-state index contributed by atoms with van der Waals surface area (Å²) in [5.74, 6) is 1.76. The lowest BCUT2D eigenvalue weighted by Crippen LogP contribution is -2.32. The maximum atomic E-state index is 5.15. The van der Waals surface area contributed by atoms with Crippen LogP contribution in [-0.4, -0.2) is 43.6 Å². The molecule has 0 fully saturated rings. The summed E-state index contributed by atoms with van der Waals surface area (Å²) in [6.07, 6.45) is 1.81. The Balaban J connectivity index is 0.000000181. The first kappa shape index (κ1) is 19.4. The second-order valence-corrected chi connectivity index (χ2v) is 6.89. The average Bonchev–Trinajstić information content (AvgIpc) is 2.65. The number of hydrogen-bond acceptors (Lipinski definition) is 5. The van der Waals surface area contributed by atoms with E-state index in [0.717, 1.165) is 9.99 Å². The molecule has 1 aromatic carbocycles. The van der Waals surface area contributed by atoms with Crippen LogP contribution in [0.25, 0.3) is 10.9 Å². The normalized spacial score (nSPS) is 16.7. The lowest BCUT2D eigenvalue weighted by molar-refractivity contribution is 0.344. The Kier molecular flexibility index (Phi) is 6.93. The van der Waals surface area contributed by atoms with Gasteiger partial charge >= 0.3 is 0 Å². The van der Waals surface area contributed by atoms with E-state index in [0.29, 0.717) is 24.3 Å². The molecule has 0 saturated heterocycles. The number of rotatable bonds is 1. The zero-order chi connectivity index (χ0) is 18.4. The second-order valence-electron chi connectivity index (χ2n) is 6.04. The van der Waals surface area contributed by atoms with Crippen LogP contribution in [0, 0.1) is 12.8 Å². The third-order valence-corrected chi connectivity index (χ3v) is 4.56. The summed E-state index contributed by atoms with van der Waals surface area (Å²) in [6, 6.07) is 8.18. The van der Waals surface area contributed by atoms with Crippen LogP contribution in [0.1, 0.15) is 19.4 Å². The highest BCUT2D eigenvalue weighted by molar-refractivity contribution is 9.10. The van der Waals surface area contributed by atoms with Crippen LogP contribution < -0.4 is 0 Å². The summed E-state index contributed by atoms with van der Waals surface area (Å²) in [5, 5.41) is 1.21. The molecule has 1 aromatic heterocycles. The number of pyridine rings is 1. The summed E-state index contributed by atoms with van der Waals surface area (Å²) < 4.78 is 11.3. The van der Waals surface area contributed by atoms with Crippen molar-refractivity contribution in [1.29, 1.82) is 0 Å². The number of hydrogen-bond donors (Lipinski definition) is 0. The van der Waals surface area contributed by atoms with Crippen molar-refractivity contribution in [1.82, 2.24) is 4.98 Å². The molecule has 3 rings (SSSR count). The van der Waals surface area contributed by atoms with E-state index in [9.17, 15) is 0 Å². The van der Waals surface area contributed by atoms with Crippen molar-refractivity contribution in [2.45, 2.75) is 26.8 Å². The fourth-order valence-electron chi connectivity index (χ4n) is 2.51. The Hall–Kier alpha value is -1.95. The lowest BCUT2D eigenvalue weighted by Gasteiger charge is -2.22. The molecule has 6 heteroatoms. The van der Waals surface area contributed by atoms with Gasteiger partial charge in [-0.25, -0.2) is 9.98 Å². The molecule has 2 heterocycles. The maximum Gasteiger partial charge on any atom is 0.209 e. The molecule has 1 aliphatic heterocycles. The number of halogens is 1. The molecule has 0 radical (unpaired) electrons. The van der Waals surface area contributed by atoms with Gasteiger partial charge in [-0.05, 0) is 46.5 Å². The molecule has 5 nitrogen and oxygen atoms in total. The summed E-state index contributed by atoms with van der Waals surface area (Å²) >= 11 is 3.47. The fourth-order valence-corrected chi connectivity index (χ4v) is 2.96. The largest absolute Gasteiger partial charge is 0.483 e. The summed E-state index contributed by atoms with van der Waals surface area (Å²) in [4.78, 5) is 12.9. The minimum atomic E-state index is 0.00806. The lowest BCUT2D eigenvalue weighted by atomic mass is 10.0. The topological polar surface area (TPSA) is 56.1 Å². The molecular weight excluding hydrogens is 382 g/mol. The first-order valence-electron chi connectivity index (χ1n) is 8.16. The standard InChI is InChI=1S/C10H8BrN.C9H16N2O2/c1-7-4-5-9(11)10-8(7)3-2-6-12-10;1-6(2)8-9(13-4)10-5-7(11-8)12-3/h2-6H,1H3;6,8H,5H2,1-4H3. The number of benzene rings is 1. The number of aromatic nitrogens is 1. The summed E-state index contributed by atoms with van der Waals surface area (Å²) in [5.41, 5.74) is 2.30. The van der Waals surface area contributed by atoms with Gasteiger partial charge in [0.1, 0.15) is 12.6 Å². The first-order valence-corrected chi connectivity index (χ1v) is 8.96. The van der Waals surface area contributed by atoms with E-state index >= 15 is 0 Å². The van der Waals surface area contributed by atoms with Gasteiger partial charge in [-0.2, -0.15) is 0 Å². The minimum Gasteiger partial charge on any atom is -0.483 e. The fraction of sp³-hybridized carbons (Fsp3) is 0.421. The van der Waals surface area contributed by atoms with Crippen molar-refractivity contribution in [2.75, 3.05) is 20.8 Å². The molecule has 0 saturated carbocycles. The van der Waals surface area contributed by atoms with Gasteiger partial charge in [-0.15, -0.1) is 0 Å². The molecule has 25 heavy (non-hydrogen) atoms. The molecule has 2 aromatic rings. The van der Waals surface area contributed by atoms with Crippen molar-refractivity contribution >= 4 is 38.6 Å². The van der Waals surface area contributed by atoms with Gasteiger partial charge < -0.3 is 9.47 Å². The van der Waals surface area contributed by atoms with Gasteiger partial charge in [0.2, 0.25) is 11.8 Å². The monoisotopic (exact) mass is 405 g/mol. The van der Waals surface area contributed by atoms with Crippen LogP contribution >= 0.6 is 15.9 Å². The van der Waals surface area contributed by atoms with E-state index in [-0.39, 0.29) is 6.04 Å². The van der Waals surface area contributed by atoms with Crippen molar-refractivity contribution in [2.24, 2.45) is 15.9 Å².